The van der Waals surface area contributed by atoms with Crippen molar-refractivity contribution in [1.29, 1.82) is 0 Å². The number of hydrogen-bond donors (Lipinski definition) is 2. The van der Waals surface area contributed by atoms with Gasteiger partial charge in [-0.25, -0.2) is 0 Å². The van der Waals surface area contributed by atoms with Crippen LogP contribution in [0.4, 0.5) is 0 Å². The van der Waals surface area contributed by atoms with Crippen LogP contribution in [0.25, 0.3) is 0 Å². The Balaban J connectivity index is 1.98. The van der Waals surface area contributed by atoms with E-state index < -0.39 is 0 Å². The average Bonchev–Trinajstić information content (AvgIpc) is 2.48. The molecule has 0 spiro atoms. The zero-order valence-corrected chi connectivity index (χ0v) is 13.4. The fourth-order valence-corrected chi connectivity index (χ4v) is 3.35. The van der Waals surface area contributed by atoms with Crippen LogP contribution in [0.1, 0.15) is 43.2 Å². The highest BCUT2D eigenvalue weighted by Crippen LogP contribution is 2.26. The number of hydrogen-bond acceptors (Lipinski definition) is 2. The van der Waals surface area contributed by atoms with E-state index in [0.717, 1.165) is 24.0 Å². The number of amides is 1. The van der Waals surface area contributed by atoms with Crippen LogP contribution in [-0.4, -0.2) is 16.9 Å². The van der Waals surface area contributed by atoms with Crippen molar-refractivity contribution in [1.82, 2.24) is 5.32 Å². The molecule has 1 fully saturated rings. The second kappa shape index (κ2) is 7.55. The lowest BCUT2D eigenvalue weighted by Crippen LogP contribution is -2.49. The summed E-state index contributed by atoms with van der Waals surface area (Å²) in [6.07, 6.45) is 6.28. The van der Waals surface area contributed by atoms with E-state index in [1.807, 2.05) is 31.2 Å². The summed E-state index contributed by atoms with van der Waals surface area (Å²) in [6, 6.07) is 7.80. The average molecular weight is 304 g/mol. The molecule has 1 atom stereocenters. The van der Waals surface area contributed by atoms with Crippen molar-refractivity contribution in [2.24, 2.45) is 11.7 Å². The van der Waals surface area contributed by atoms with Gasteiger partial charge in [0.25, 0.3) is 0 Å². The lowest BCUT2D eigenvalue weighted by Gasteiger charge is -2.30. The Hall–Kier alpha value is -1.42. The molecule has 1 aliphatic rings. The second-order valence-corrected chi connectivity index (χ2v) is 6.42. The molecule has 0 saturated heterocycles. The summed E-state index contributed by atoms with van der Waals surface area (Å²) in [7, 11) is 0. The number of nitrogens with two attached hydrogens (primary N) is 1. The molecule has 1 amide bonds. The molecule has 4 heteroatoms. The van der Waals surface area contributed by atoms with Crippen molar-refractivity contribution in [3.05, 3.63) is 35.4 Å². The quantitative estimate of drug-likeness (QED) is 0.822. The molecule has 21 heavy (non-hydrogen) atoms. The van der Waals surface area contributed by atoms with Crippen molar-refractivity contribution in [2.75, 3.05) is 0 Å². The molecular formula is C17H24N2OS. The highest BCUT2D eigenvalue weighted by molar-refractivity contribution is 7.80. The Morgan fingerprint density at radius 1 is 1.33 bits per heavy atom. The third kappa shape index (κ3) is 4.53. The van der Waals surface area contributed by atoms with Crippen molar-refractivity contribution in [3.8, 4) is 0 Å². The Labute approximate surface area is 132 Å². The van der Waals surface area contributed by atoms with E-state index in [2.05, 4.69) is 5.32 Å². The van der Waals surface area contributed by atoms with Crippen LogP contribution >= 0.6 is 12.2 Å². The van der Waals surface area contributed by atoms with Crippen molar-refractivity contribution in [2.45, 2.75) is 51.5 Å². The predicted molar refractivity (Wildman–Crippen MR) is 90.2 cm³/mol. The highest BCUT2D eigenvalue weighted by Gasteiger charge is 2.27. The van der Waals surface area contributed by atoms with Crippen LogP contribution in [0.3, 0.4) is 0 Å². The first-order chi connectivity index (χ1) is 10.1. The van der Waals surface area contributed by atoms with Gasteiger partial charge >= 0.3 is 0 Å². The van der Waals surface area contributed by atoms with Gasteiger partial charge in [-0.3, -0.25) is 4.79 Å². The number of carbonyl (C=O) groups excluding carboxylic acids is 1. The number of benzene rings is 1. The molecule has 0 heterocycles. The van der Waals surface area contributed by atoms with Crippen LogP contribution in [0, 0.1) is 12.8 Å². The molecule has 1 unspecified atom stereocenters. The summed E-state index contributed by atoms with van der Waals surface area (Å²) in [6.45, 7) is 2.02. The second-order valence-electron chi connectivity index (χ2n) is 5.95. The lowest BCUT2D eigenvalue weighted by molar-refractivity contribution is -0.121. The maximum Gasteiger partial charge on any atom is 0.225 e. The normalized spacial score (nSPS) is 17.2. The molecule has 0 bridgehead atoms. The fourth-order valence-electron chi connectivity index (χ4n) is 3.09. The molecule has 0 radical (unpaired) electrons. The van der Waals surface area contributed by atoms with Gasteiger partial charge in [-0.15, -0.1) is 0 Å². The summed E-state index contributed by atoms with van der Waals surface area (Å²) >= 11 is 5.17. The number of aryl methyl sites for hydroxylation is 1. The fraction of sp³-hybridized carbons (Fsp3) is 0.529. The Bertz CT molecular complexity index is 509. The van der Waals surface area contributed by atoms with E-state index >= 15 is 0 Å². The summed E-state index contributed by atoms with van der Waals surface area (Å²) in [5.74, 6) is 0.407. The van der Waals surface area contributed by atoms with Gasteiger partial charge in [0.15, 0.2) is 0 Å². The van der Waals surface area contributed by atoms with Crippen molar-refractivity contribution >= 4 is 23.1 Å². The number of carbonyl (C=O) groups is 1. The molecule has 1 aliphatic carbocycles. The van der Waals surface area contributed by atoms with E-state index in [4.69, 9.17) is 18.0 Å². The molecule has 0 aromatic heterocycles. The number of nitrogens with one attached hydrogen (secondary N) is 1. The minimum absolute atomic E-state index is 0.00711. The van der Waals surface area contributed by atoms with E-state index in [9.17, 15) is 4.79 Å². The summed E-state index contributed by atoms with van der Waals surface area (Å²) in [5.41, 5.74) is 8.05. The SMILES string of the molecule is Cc1ccccc1CC(=O)NC(C(N)=S)C1CCCCC1. The molecule has 3 N–H and O–H groups in total. The third-order valence-electron chi connectivity index (χ3n) is 4.36. The van der Waals surface area contributed by atoms with Gasteiger partial charge < -0.3 is 11.1 Å². The van der Waals surface area contributed by atoms with Crippen molar-refractivity contribution in [3.63, 3.8) is 0 Å². The maximum absolute atomic E-state index is 12.3. The first kappa shape index (κ1) is 16.0. The van der Waals surface area contributed by atoms with Gasteiger partial charge in [0, 0.05) is 0 Å². The van der Waals surface area contributed by atoms with Crippen LogP contribution in [-0.2, 0) is 11.2 Å². The first-order valence-corrected chi connectivity index (χ1v) is 8.12. The molecule has 1 aromatic carbocycles. The smallest absolute Gasteiger partial charge is 0.225 e. The summed E-state index contributed by atoms with van der Waals surface area (Å²) in [5, 5.41) is 3.06. The Morgan fingerprint density at radius 2 is 2.00 bits per heavy atom. The maximum atomic E-state index is 12.3. The first-order valence-electron chi connectivity index (χ1n) is 7.71. The minimum atomic E-state index is -0.156. The Morgan fingerprint density at radius 3 is 2.62 bits per heavy atom. The number of thiocarbonyl (C=S) groups is 1. The van der Waals surface area contributed by atoms with Gasteiger partial charge in [0.1, 0.15) is 0 Å². The number of rotatable bonds is 5. The summed E-state index contributed by atoms with van der Waals surface area (Å²) < 4.78 is 0. The van der Waals surface area contributed by atoms with Crippen LogP contribution in [0.5, 0.6) is 0 Å². The predicted octanol–water partition coefficient (Wildman–Crippen LogP) is 2.89. The van der Waals surface area contributed by atoms with E-state index in [0.29, 0.717) is 17.3 Å². The van der Waals surface area contributed by atoms with E-state index in [1.54, 1.807) is 0 Å². The minimum Gasteiger partial charge on any atom is -0.392 e. The monoisotopic (exact) mass is 304 g/mol. The Kier molecular flexibility index (Phi) is 5.74. The zero-order chi connectivity index (χ0) is 15.2. The molecule has 3 nitrogen and oxygen atoms in total. The summed E-state index contributed by atoms with van der Waals surface area (Å²) in [4.78, 5) is 12.7. The van der Waals surface area contributed by atoms with Gasteiger partial charge in [0.2, 0.25) is 5.91 Å². The lowest BCUT2D eigenvalue weighted by atomic mass is 9.83. The topological polar surface area (TPSA) is 55.1 Å². The molecule has 2 rings (SSSR count). The van der Waals surface area contributed by atoms with Crippen LogP contribution in [0.15, 0.2) is 24.3 Å². The van der Waals surface area contributed by atoms with Gasteiger partial charge in [-0.2, -0.15) is 0 Å². The molecule has 114 valence electrons. The highest BCUT2D eigenvalue weighted by atomic mass is 32.1. The van der Waals surface area contributed by atoms with Gasteiger partial charge in [-0.05, 0) is 36.8 Å². The van der Waals surface area contributed by atoms with Crippen LogP contribution in [0.2, 0.25) is 0 Å². The molecule has 1 saturated carbocycles. The van der Waals surface area contributed by atoms with Gasteiger partial charge in [0.05, 0.1) is 17.5 Å². The van der Waals surface area contributed by atoms with Gasteiger partial charge in [-0.1, -0.05) is 55.7 Å². The third-order valence-corrected chi connectivity index (χ3v) is 4.61. The largest absolute Gasteiger partial charge is 0.392 e. The van der Waals surface area contributed by atoms with Crippen LogP contribution < -0.4 is 11.1 Å². The molecule has 0 aliphatic heterocycles. The zero-order valence-electron chi connectivity index (χ0n) is 12.6. The van der Waals surface area contributed by atoms with E-state index in [1.165, 1.54) is 19.3 Å². The standard InChI is InChI=1S/C17H24N2OS/c1-12-7-5-6-10-14(12)11-15(20)19-16(17(18)21)13-8-3-2-4-9-13/h5-7,10,13,16H,2-4,8-9,11H2,1H3,(H2,18,21)(H,19,20). The van der Waals surface area contributed by atoms with Crippen molar-refractivity contribution < 1.29 is 4.79 Å². The molecular weight excluding hydrogens is 280 g/mol. The van der Waals surface area contributed by atoms with E-state index in [-0.39, 0.29) is 11.9 Å². The molecule has 1 aromatic rings.